The van der Waals surface area contributed by atoms with Gasteiger partial charge in [-0.3, -0.25) is 9.10 Å². The van der Waals surface area contributed by atoms with Gasteiger partial charge >= 0.3 is 0 Å². The first-order chi connectivity index (χ1) is 13.2. The molecule has 0 aliphatic rings. The smallest absolute Gasteiger partial charge is 0.243 e. The van der Waals surface area contributed by atoms with E-state index in [0.717, 1.165) is 16.1 Å². The molecule has 0 radical (unpaired) electrons. The van der Waals surface area contributed by atoms with Crippen molar-refractivity contribution < 1.29 is 22.7 Å². The van der Waals surface area contributed by atoms with Gasteiger partial charge in [-0.05, 0) is 36.8 Å². The number of benzene rings is 2. The number of anilines is 1. The third-order valence-corrected chi connectivity index (χ3v) is 5.58. The van der Waals surface area contributed by atoms with E-state index in [1.54, 1.807) is 36.4 Å². The third kappa shape index (κ3) is 5.30. The van der Waals surface area contributed by atoms with E-state index in [1.807, 2.05) is 0 Å². The molecule has 28 heavy (non-hydrogen) atoms. The van der Waals surface area contributed by atoms with Gasteiger partial charge in [-0.1, -0.05) is 23.7 Å². The molecule has 152 valence electrons. The topological polar surface area (TPSA) is 84.9 Å². The molecular weight excluding hydrogens is 404 g/mol. The Balaban J connectivity index is 2.25. The van der Waals surface area contributed by atoms with Crippen molar-refractivity contribution in [2.75, 3.05) is 24.8 Å². The molecule has 0 spiro atoms. The Morgan fingerprint density at radius 2 is 1.71 bits per heavy atom. The van der Waals surface area contributed by atoms with Crippen molar-refractivity contribution >= 4 is 33.2 Å². The van der Waals surface area contributed by atoms with E-state index in [1.165, 1.54) is 27.2 Å². The van der Waals surface area contributed by atoms with Crippen molar-refractivity contribution in [3.63, 3.8) is 0 Å². The van der Waals surface area contributed by atoms with Crippen LogP contribution in [0.3, 0.4) is 0 Å². The van der Waals surface area contributed by atoms with Crippen LogP contribution in [0.5, 0.6) is 11.5 Å². The van der Waals surface area contributed by atoms with Gasteiger partial charge in [0.05, 0.1) is 26.2 Å². The molecule has 9 heteroatoms. The summed E-state index contributed by atoms with van der Waals surface area (Å²) in [5.74, 6) is 0.386. The van der Waals surface area contributed by atoms with Crippen molar-refractivity contribution in [1.29, 1.82) is 0 Å². The molecule has 0 unspecified atom stereocenters. The number of hydrogen-bond donors (Lipinski definition) is 1. The molecule has 0 aliphatic heterocycles. The molecule has 1 atom stereocenters. The van der Waals surface area contributed by atoms with Gasteiger partial charge in [0.25, 0.3) is 0 Å². The molecule has 0 bridgehead atoms. The lowest BCUT2D eigenvalue weighted by Gasteiger charge is -2.28. The summed E-state index contributed by atoms with van der Waals surface area (Å²) in [5, 5.41) is 3.34. The number of nitrogens with zero attached hydrogens (tertiary/aromatic N) is 1. The van der Waals surface area contributed by atoms with Crippen LogP contribution in [-0.2, 0) is 21.4 Å². The normalized spacial score (nSPS) is 12.2. The quantitative estimate of drug-likeness (QED) is 0.701. The van der Waals surface area contributed by atoms with Crippen LogP contribution < -0.4 is 19.1 Å². The molecule has 1 amide bonds. The van der Waals surface area contributed by atoms with Gasteiger partial charge in [0.15, 0.2) is 11.5 Å². The molecular formula is C19H23ClN2O5S. The zero-order valence-electron chi connectivity index (χ0n) is 16.1. The maximum absolute atomic E-state index is 12.6. The number of methoxy groups -OCH3 is 2. The summed E-state index contributed by atoms with van der Waals surface area (Å²) in [5.41, 5.74) is 1.15. The highest BCUT2D eigenvalue weighted by Gasteiger charge is 2.29. The molecule has 0 aromatic heterocycles. The molecule has 1 N–H and O–H groups in total. The van der Waals surface area contributed by atoms with Crippen LogP contribution in [-0.4, -0.2) is 40.8 Å². The van der Waals surface area contributed by atoms with Crippen molar-refractivity contribution in [2.24, 2.45) is 0 Å². The van der Waals surface area contributed by atoms with Gasteiger partial charge in [-0.15, -0.1) is 0 Å². The maximum Gasteiger partial charge on any atom is 0.243 e. The van der Waals surface area contributed by atoms with Crippen molar-refractivity contribution in [3.8, 4) is 11.5 Å². The lowest BCUT2D eigenvalue weighted by atomic mass is 10.2. The van der Waals surface area contributed by atoms with E-state index in [0.29, 0.717) is 22.2 Å². The van der Waals surface area contributed by atoms with E-state index in [9.17, 15) is 13.2 Å². The van der Waals surface area contributed by atoms with Crippen LogP contribution in [0.4, 0.5) is 5.69 Å². The Morgan fingerprint density at radius 3 is 2.25 bits per heavy atom. The number of carbonyl (C=O) groups is 1. The molecule has 0 aliphatic carbocycles. The van der Waals surface area contributed by atoms with E-state index in [-0.39, 0.29) is 6.54 Å². The monoisotopic (exact) mass is 426 g/mol. The second-order valence-electron chi connectivity index (χ2n) is 6.12. The third-order valence-electron chi connectivity index (χ3n) is 4.09. The fourth-order valence-electron chi connectivity index (χ4n) is 2.71. The minimum absolute atomic E-state index is 0.254. The van der Waals surface area contributed by atoms with Gasteiger partial charge in [0.1, 0.15) is 6.04 Å². The second-order valence-corrected chi connectivity index (χ2v) is 8.41. The lowest BCUT2D eigenvalue weighted by Crippen LogP contribution is -2.47. The number of ether oxygens (including phenoxy) is 2. The molecule has 0 fully saturated rings. The van der Waals surface area contributed by atoms with E-state index in [4.69, 9.17) is 21.1 Å². The highest BCUT2D eigenvalue weighted by molar-refractivity contribution is 7.92. The molecule has 7 nitrogen and oxygen atoms in total. The summed E-state index contributed by atoms with van der Waals surface area (Å²) >= 11 is 5.85. The van der Waals surface area contributed by atoms with Crippen LogP contribution in [0.1, 0.15) is 12.5 Å². The molecule has 0 heterocycles. The zero-order chi connectivity index (χ0) is 20.9. The number of sulfonamides is 1. The predicted octanol–water partition coefficient (Wildman–Crippen LogP) is 2.83. The average Bonchev–Trinajstić information content (AvgIpc) is 2.66. The van der Waals surface area contributed by atoms with Gasteiger partial charge in [0, 0.05) is 17.6 Å². The number of hydrogen-bond acceptors (Lipinski definition) is 5. The Labute approximate surface area is 170 Å². The number of halogens is 1. The van der Waals surface area contributed by atoms with Gasteiger partial charge in [0.2, 0.25) is 15.9 Å². The van der Waals surface area contributed by atoms with Gasteiger partial charge in [-0.2, -0.15) is 0 Å². The minimum Gasteiger partial charge on any atom is -0.493 e. The first-order valence-electron chi connectivity index (χ1n) is 8.41. The fourth-order valence-corrected chi connectivity index (χ4v) is 4.00. The maximum atomic E-state index is 12.6. The van der Waals surface area contributed by atoms with Crippen LogP contribution in [0.25, 0.3) is 0 Å². The molecule has 2 rings (SSSR count). The van der Waals surface area contributed by atoms with E-state index in [2.05, 4.69) is 5.32 Å². The summed E-state index contributed by atoms with van der Waals surface area (Å²) in [6.07, 6.45) is 1.05. The fraction of sp³-hybridized carbons (Fsp3) is 0.316. The van der Waals surface area contributed by atoms with Crippen LogP contribution in [0, 0.1) is 0 Å². The SMILES string of the molecule is COc1ccc(N([C@@H](C)C(=O)NCc2ccc(Cl)cc2)S(C)(=O)=O)cc1OC. The summed E-state index contributed by atoms with van der Waals surface area (Å²) in [6, 6.07) is 10.7. The molecule has 2 aromatic carbocycles. The van der Waals surface area contributed by atoms with E-state index < -0.39 is 22.0 Å². The average molecular weight is 427 g/mol. The largest absolute Gasteiger partial charge is 0.493 e. The Kier molecular flexibility index (Phi) is 7.15. The molecule has 0 saturated carbocycles. The number of rotatable bonds is 8. The summed E-state index contributed by atoms with van der Waals surface area (Å²) in [4.78, 5) is 12.6. The highest BCUT2D eigenvalue weighted by atomic mass is 35.5. The zero-order valence-corrected chi connectivity index (χ0v) is 17.7. The second kappa shape index (κ2) is 9.16. The van der Waals surface area contributed by atoms with Crippen LogP contribution in [0.15, 0.2) is 42.5 Å². The lowest BCUT2D eigenvalue weighted by molar-refractivity contribution is -0.122. The number of amides is 1. The molecule has 0 saturated heterocycles. The van der Waals surface area contributed by atoms with Gasteiger partial charge < -0.3 is 14.8 Å². The van der Waals surface area contributed by atoms with Crippen molar-refractivity contribution in [3.05, 3.63) is 53.1 Å². The minimum atomic E-state index is -3.74. The predicted molar refractivity (Wildman–Crippen MR) is 110 cm³/mol. The summed E-state index contributed by atoms with van der Waals surface area (Å²) in [7, 11) is -0.799. The summed E-state index contributed by atoms with van der Waals surface area (Å²) < 4.78 is 36.3. The number of carbonyl (C=O) groups excluding carboxylic acids is 1. The van der Waals surface area contributed by atoms with Gasteiger partial charge in [-0.25, -0.2) is 8.42 Å². The highest BCUT2D eigenvalue weighted by Crippen LogP contribution is 2.33. The van der Waals surface area contributed by atoms with Crippen molar-refractivity contribution in [1.82, 2.24) is 5.32 Å². The molecule has 2 aromatic rings. The van der Waals surface area contributed by atoms with Crippen molar-refractivity contribution in [2.45, 2.75) is 19.5 Å². The Bertz CT molecular complexity index is 932. The standard InChI is InChI=1S/C19H23ClN2O5S/c1-13(19(23)21-12-14-5-7-15(20)8-6-14)22(28(4,24)25)16-9-10-17(26-2)18(11-16)27-3/h5-11,13H,12H2,1-4H3,(H,21,23)/t13-/m0/s1. The van der Waals surface area contributed by atoms with Crippen LogP contribution in [0.2, 0.25) is 5.02 Å². The number of nitrogens with one attached hydrogen (secondary N) is 1. The Hall–Kier alpha value is -2.45. The first-order valence-corrected chi connectivity index (χ1v) is 10.6. The van der Waals surface area contributed by atoms with Crippen LogP contribution >= 0.6 is 11.6 Å². The summed E-state index contributed by atoms with van der Waals surface area (Å²) in [6.45, 7) is 1.78. The first kappa shape index (κ1) is 21.8. The Morgan fingerprint density at radius 1 is 1.11 bits per heavy atom. The van der Waals surface area contributed by atoms with E-state index >= 15 is 0 Å².